The average Bonchev–Trinajstić information content (AvgIpc) is 3.22. The van der Waals surface area contributed by atoms with Crippen molar-refractivity contribution in [1.82, 2.24) is 9.58 Å². The zero-order valence-electron chi connectivity index (χ0n) is 23.9. The lowest BCUT2D eigenvalue weighted by Gasteiger charge is -2.42. The number of amides is 1. The van der Waals surface area contributed by atoms with Crippen LogP contribution in [0.5, 0.6) is 5.75 Å². The van der Waals surface area contributed by atoms with Gasteiger partial charge in [-0.2, -0.15) is 8.42 Å². The van der Waals surface area contributed by atoms with E-state index in [1.807, 2.05) is 24.3 Å². The summed E-state index contributed by atoms with van der Waals surface area (Å²) in [6.07, 6.45) is -0.748. The Kier molecular flexibility index (Phi) is 8.32. The van der Waals surface area contributed by atoms with Crippen molar-refractivity contribution in [3.8, 4) is 17.0 Å². The topological polar surface area (TPSA) is 147 Å². The van der Waals surface area contributed by atoms with Crippen LogP contribution in [0.3, 0.4) is 0 Å². The number of ether oxygens (including phenoxy) is 4. The van der Waals surface area contributed by atoms with E-state index in [9.17, 15) is 18.0 Å². The maximum Gasteiger partial charge on any atom is 0.510 e. The standard InChI is InChI=1S/C28H26F2N4O9S2/c1-39-28(36)42-14-41-26-20(32-43-45(2,37)38)11-21(34-25(26)27(35)33-7-8-40-12-23(33)31-34)17-10-19(29)24(30)18-13-44-22-6-4-3-5-15(22)9-16(17)18/h3-6,10-11,23,31H,7-9,12-14H2,1-2H3/b32-20+/t23-/m0/s1. The summed E-state index contributed by atoms with van der Waals surface area (Å²) in [7, 11) is -3.06. The van der Waals surface area contributed by atoms with Gasteiger partial charge in [0.15, 0.2) is 28.4 Å². The molecule has 3 aromatic rings. The Bertz CT molecular complexity index is 1880. The fraction of sp³-hybridized carbons (Fsp3) is 0.321. The Balaban J connectivity index is 1.63. The van der Waals surface area contributed by atoms with Crippen molar-refractivity contribution in [1.29, 1.82) is 0 Å². The van der Waals surface area contributed by atoms with Gasteiger partial charge in [-0.05, 0) is 35.7 Å². The van der Waals surface area contributed by atoms with Crippen molar-refractivity contribution in [2.45, 2.75) is 23.2 Å². The fourth-order valence-electron chi connectivity index (χ4n) is 5.31. The number of pyridine rings is 1. The number of carbonyl (C=O) groups is 2. The molecule has 0 bridgehead atoms. The van der Waals surface area contributed by atoms with Gasteiger partial charge in [-0.1, -0.05) is 23.4 Å². The molecule has 1 atom stereocenters. The maximum atomic E-state index is 15.4. The lowest BCUT2D eigenvalue weighted by Crippen LogP contribution is -2.59. The third-order valence-corrected chi connectivity index (χ3v) is 8.78. The number of thioether (sulfide) groups is 1. The molecule has 0 unspecified atom stereocenters. The second kappa shape index (κ2) is 12.2. The quantitative estimate of drug-likeness (QED) is 0.236. The van der Waals surface area contributed by atoms with Crippen molar-refractivity contribution in [2.75, 3.05) is 45.3 Å². The number of hydrogen-bond acceptors (Lipinski definition) is 12. The van der Waals surface area contributed by atoms with Crippen molar-refractivity contribution in [3.63, 3.8) is 0 Å². The molecule has 0 saturated carbocycles. The molecule has 6 rings (SSSR count). The van der Waals surface area contributed by atoms with E-state index in [1.54, 1.807) is 0 Å². The molecular weight excluding hydrogens is 638 g/mol. The third-order valence-electron chi connectivity index (χ3n) is 7.30. The summed E-state index contributed by atoms with van der Waals surface area (Å²) in [5, 5.41) is 3.43. The fourth-order valence-corrected chi connectivity index (χ4v) is 6.63. The van der Waals surface area contributed by atoms with Gasteiger partial charge in [0.05, 0.1) is 32.3 Å². The van der Waals surface area contributed by atoms with Crippen LogP contribution in [0.25, 0.3) is 11.3 Å². The minimum Gasteiger partial charge on any atom is -0.452 e. The lowest BCUT2D eigenvalue weighted by molar-refractivity contribution is -0.00487. The summed E-state index contributed by atoms with van der Waals surface area (Å²) in [6, 6.07) is 9.82. The van der Waals surface area contributed by atoms with Crippen molar-refractivity contribution < 1.29 is 50.0 Å². The zero-order valence-corrected chi connectivity index (χ0v) is 25.5. The number of hydrogen-bond donors (Lipinski definition) is 1. The van der Waals surface area contributed by atoms with E-state index in [0.717, 1.165) is 29.9 Å². The summed E-state index contributed by atoms with van der Waals surface area (Å²) in [4.78, 5) is 28.0. The minimum atomic E-state index is -4.15. The van der Waals surface area contributed by atoms with E-state index in [4.69, 9.17) is 18.5 Å². The van der Waals surface area contributed by atoms with Crippen molar-refractivity contribution >= 4 is 33.9 Å². The number of rotatable bonds is 6. The lowest BCUT2D eigenvalue weighted by atomic mass is 9.92. The second-order valence-corrected chi connectivity index (χ2v) is 12.7. The molecule has 17 heteroatoms. The van der Waals surface area contributed by atoms with Crippen LogP contribution in [0, 0.1) is 11.6 Å². The molecule has 3 aliphatic heterocycles. The van der Waals surface area contributed by atoms with Gasteiger partial charge in [0.25, 0.3) is 5.91 Å². The van der Waals surface area contributed by atoms with Gasteiger partial charge >= 0.3 is 16.3 Å². The first-order valence-electron chi connectivity index (χ1n) is 13.5. The highest BCUT2D eigenvalue weighted by Crippen LogP contribution is 2.41. The van der Waals surface area contributed by atoms with Crippen LogP contribution in [0.2, 0.25) is 0 Å². The molecule has 4 heterocycles. The molecule has 45 heavy (non-hydrogen) atoms. The smallest absolute Gasteiger partial charge is 0.452 e. The van der Waals surface area contributed by atoms with Gasteiger partial charge in [0.2, 0.25) is 6.79 Å². The summed E-state index contributed by atoms with van der Waals surface area (Å²) in [5.74, 6) is -2.88. The number of nitrogens with one attached hydrogen (secondary N) is 1. The summed E-state index contributed by atoms with van der Waals surface area (Å²) >= 11 is 1.37. The zero-order chi connectivity index (χ0) is 31.9. The van der Waals surface area contributed by atoms with Gasteiger partial charge in [-0.25, -0.2) is 18.3 Å². The van der Waals surface area contributed by atoms with Crippen LogP contribution < -0.4 is 15.5 Å². The molecule has 1 N–H and O–H groups in total. The Labute approximate surface area is 259 Å². The van der Waals surface area contributed by atoms with Crippen LogP contribution in [0.4, 0.5) is 13.6 Å². The molecule has 238 valence electrons. The molecule has 1 saturated heterocycles. The van der Waals surface area contributed by atoms with Gasteiger partial charge in [0, 0.05) is 28.3 Å². The Morgan fingerprint density at radius 1 is 1.22 bits per heavy atom. The normalized spacial score (nSPS) is 17.6. The first-order valence-corrected chi connectivity index (χ1v) is 16.3. The third kappa shape index (κ3) is 6.02. The van der Waals surface area contributed by atoms with E-state index in [0.29, 0.717) is 5.56 Å². The Hall–Kier alpha value is -4.35. The van der Waals surface area contributed by atoms with Crippen LogP contribution in [0.15, 0.2) is 46.4 Å². The van der Waals surface area contributed by atoms with Gasteiger partial charge in [-0.3, -0.25) is 9.08 Å². The summed E-state index contributed by atoms with van der Waals surface area (Å²) in [6.45, 7) is -0.204. The summed E-state index contributed by atoms with van der Waals surface area (Å²) in [5.41, 5.74) is 4.80. The highest BCUT2D eigenvalue weighted by Gasteiger charge is 2.39. The largest absolute Gasteiger partial charge is 0.510 e. The molecular formula is C28H26F2N4O9S2. The molecule has 2 aromatic carbocycles. The molecule has 0 spiro atoms. The maximum absolute atomic E-state index is 15.4. The Morgan fingerprint density at radius 2 is 2.02 bits per heavy atom. The predicted molar refractivity (Wildman–Crippen MR) is 154 cm³/mol. The second-order valence-electron chi connectivity index (χ2n) is 10.1. The molecule has 0 aliphatic carbocycles. The Morgan fingerprint density at radius 3 is 2.80 bits per heavy atom. The van der Waals surface area contributed by atoms with E-state index < -0.39 is 46.8 Å². The average molecular weight is 665 g/mol. The van der Waals surface area contributed by atoms with E-state index >= 15 is 8.78 Å². The number of fused-ring (bicyclic) bond motifs is 4. The number of carbonyl (C=O) groups excluding carboxylic acids is 2. The number of halogens is 2. The van der Waals surface area contributed by atoms with Crippen LogP contribution in [-0.2, 0) is 40.8 Å². The number of methoxy groups -OCH3 is 1. The van der Waals surface area contributed by atoms with E-state index in [-0.39, 0.29) is 65.6 Å². The number of nitrogens with zero attached hydrogens (tertiary/aromatic N) is 3. The highest BCUT2D eigenvalue weighted by molar-refractivity contribution is 7.98. The predicted octanol–water partition coefficient (Wildman–Crippen LogP) is 2.90. The first-order chi connectivity index (χ1) is 21.6. The molecule has 13 nitrogen and oxygen atoms in total. The number of benzene rings is 2. The molecule has 0 radical (unpaired) electrons. The van der Waals surface area contributed by atoms with Gasteiger partial charge in [0.1, 0.15) is 6.17 Å². The van der Waals surface area contributed by atoms with E-state index in [1.165, 1.54) is 27.4 Å². The number of aromatic nitrogens is 1. The van der Waals surface area contributed by atoms with E-state index in [2.05, 4.69) is 15.3 Å². The van der Waals surface area contributed by atoms with Crippen LogP contribution >= 0.6 is 11.8 Å². The van der Waals surface area contributed by atoms with Crippen molar-refractivity contribution in [2.24, 2.45) is 5.16 Å². The summed E-state index contributed by atoms with van der Waals surface area (Å²) < 4.78 is 81.2. The minimum absolute atomic E-state index is 0.114. The number of morpholine rings is 1. The van der Waals surface area contributed by atoms with Crippen molar-refractivity contribution in [3.05, 3.63) is 75.8 Å². The molecule has 1 amide bonds. The SMILES string of the molecule is COC(=O)OCOc1c2n(c(-c3cc(F)c(F)c4c3Cc3ccccc3SC4)c/c1=N\OS(C)(=O)=O)N[C@@H]1COCCN1C2=O. The van der Waals surface area contributed by atoms with Gasteiger partial charge in [-0.15, -0.1) is 11.8 Å². The molecule has 1 fully saturated rings. The van der Waals surface area contributed by atoms with Crippen LogP contribution in [0.1, 0.15) is 27.2 Å². The molecule has 1 aromatic heterocycles. The highest BCUT2D eigenvalue weighted by atomic mass is 32.2. The monoisotopic (exact) mass is 664 g/mol. The first kappa shape index (κ1) is 30.7. The molecule has 3 aliphatic rings. The van der Waals surface area contributed by atoms with Crippen LogP contribution in [-0.4, -0.2) is 76.1 Å². The van der Waals surface area contributed by atoms with Gasteiger partial charge < -0.3 is 29.3 Å².